The molecule has 1 atom stereocenters. The summed E-state index contributed by atoms with van der Waals surface area (Å²) in [5.74, 6) is 1.35. The van der Waals surface area contributed by atoms with Crippen LogP contribution in [0.1, 0.15) is 37.9 Å². The molecule has 0 saturated carbocycles. The molecule has 0 aliphatic rings. The summed E-state index contributed by atoms with van der Waals surface area (Å²) >= 11 is 0. The van der Waals surface area contributed by atoms with Gasteiger partial charge in [0.15, 0.2) is 11.5 Å². The Labute approximate surface area is 97.0 Å². The number of aliphatic hydroxyl groups is 1. The number of hydrogen-bond acceptors (Lipinski definition) is 3. The largest absolute Gasteiger partial charge is 0.493 e. The summed E-state index contributed by atoms with van der Waals surface area (Å²) in [5.41, 5.74) is 0.881. The first-order valence-corrected chi connectivity index (χ1v) is 5.63. The maximum Gasteiger partial charge on any atom is 0.161 e. The summed E-state index contributed by atoms with van der Waals surface area (Å²) in [6.45, 7) is 2.11. The standard InChI is InChI=1S/C13H20O3/c1-4-5-6-11(14)10-7-8-12(15-2)13(9-10)16-3/h7-9,11,14H,4-6H2,1-3H3. The molecule has 16 heavy (non-hydrogen) atoms. The first-order valence-electron chi connectivity index (χ1n) is 5.63. The Kier molecular flexibility index (Phi) is 5.12. The van der Waals surface area contributed by atoms with Gasteiger partial charge in [0.1, 0.15) is 0 Å². The van der Waals surface area contributed by atoms with Gasteiger partial charge in [0.25, 0.3) is 0 Å². The van der Waals surface area contributed by atoms with Crippen LogP contribution in [0.15, 0.2) is 18.2 Å². The van der Waals surface area contributed by atoms with Crippen molar-refractivity contribution >= 4 is 0 Å². The number of benzene rings is 1. The van der Waals surface area contributed by atoms with Crippen LogP contribution < -0.4 is 9.47 Å². The highest BCUT2D eigenvalue weighted by Crippen LogP contribution is 2.31. The van der Waals surface area contributed by atoms with Gasteiger partial charge >= 0.3 is 0 Å². The van der Waals surface area contributed by atoms with Crippen LogP contribution in [0.3, 0.4) is 0 Å². The molecule has 1 unspecified atom stereocenters. The second-order valence-electron chi connectivity index (χ2n) is 3.77. The topological polar surface area (TPSA) is 38.7 Å². The molecule has 0 aliphatic heterocycles. The van der Waals surface area contributed by atoms with Crippen LogP contribution in [0.2, 0.25) is 0 Å². The highest BCUT2D eigenvalue weighted by Gasteiger charge is 2.10. The van der Waals surface area contributed by atoms with Crippen molar-refractivity contribution in [1.29, 1.82) is 0 Å². The highest BCUT2D eigenvalue weighted by atomic mass is 16.5. The molecule has 0 heterocycles. The fraction of sp³-hybridized carbons (Fsp3) is 0.538. The molecule has 0 bridgehead atoms. The molecule has 90 valence electrons. The first-order chi connectivity index (χ1) is 7.72. The van der Waals surface area contributed by atoms with E-state index >= 15 is 0 Å². The van der Waals surface area contributed by atoms with E-state index in [0.29, 0.717) is 11.5 Å². The number of aliphatic hydroxyl groups excluding tert-OH is 1. The Hall–Kier alpha value is -1.22. The molecule has 1 aromatic rings. The van der Waals surface area contributed by atoms with E-state index in [0.717, 1.165) is 24.8 Å². The maximum atomic E-state index is 9.94. The predicted octanol–water partition coefficient (Wildman–Crippen LogP) is 2.93. The first kappa shape index (κ1) is 12.8. The molecule has 0 aliphatic carbocycles. The SMILES string of the molecule is CCCCC(O)c1ccc(OC)c(OC)c1. The van der Waals surface area contributed by atoms with Gasteiger partial charge in [-0.2, -0.15) is 0 Å². The lowest BCUT2D eigenvalue weighted by molar-refractivity contribution is 0.163. The molecular formula is C13H20O3. The van der Waals surface area contributed by atoms with Gasteiger partial charge in [-0.15, -0.1) is 0 Å². The van der Waals surface area contributed by atoms with Crippen molar-refractivity contribution in [3.05, 3.63) is 23.8 Å². The van der Waals surface area contributed by atoms with Crippen LogP contribution in [0.4, 0.5) is 0 Å². The fourth-order valence-electron chi connectivity index (χ4n) is 1.62. The number of rotatable bonds is 6. The van der Waals surface area contributed by atoms with Crippen molar-refractivity contribution in [2.24, 2.45) is 0 Å². The van der Waals surface area contributed by atoms with Gasteiger partial charge in [-0.3, -0.25) is 0 Å². The normalized spacial score (nSPS) is 12.2. The van der Waals surface area contributed by atoms with Crippen molar-refractivity contribution in [2.75, 3.05) is 14.2 Å². The second-order valence-corrected chi connectivity index (χ2v) is 3.77. The molecule has 0 fully saturated rings. The molecule has 1 aromatic carbocycles. The van der Waals surface area contributed by atoms with Crippen LogP contribution in [0.25, 0.3) is 0 Å². The highest BCUT2D eigenvalue weighted by molar-refractivity contribution is 5.43. The van der Waals surface area contributed by atoms with Gasteiger partial charge in [-0.05, 0) is 24.1 Å². The Morgan fingerprint density at radius 2 is 1.88 bits per heavy atom. The third-order valence-electron chi connectivity index (χ3n) is 2.62. The molecule has 1 N–H and O–H groups in total. The minimum atomic E-state index is -0.417. The van der Waals surface area contributed by atoms with E-state index in [1.165, 1.54) is 0 Å². The molecule has 1 rings (SSSR count). The Morgan fingerprint density at radius 1 is 1.19 bits per heavy atom. The third kappa shape index (κ3) is 3.14. The maximum absolute atomic E-state index is 9.94. The summed E-state index contributed by atoms with van der Waals surface area (Å²) in [6, 6.07) is 5.53. The van der Waals surface area contributed by atoms with Crippen molar-refractivity contribution < 1.29 is 14.6 Å². The van der Waals surface area contributed by atoms with Crippen molar-refractivity contribution in [3.8, 4) is 11.5 Å². The lowest BCUT2D eigenvalue weighted by Crippen LogP contribution is -1.99. The van der Waals surface area contributed by atoms with Crippen LogP contribution >= 0.6 is 0 Å². The lowest BCUT2D eigenvalue weighted by Gasteiger charge is -2.13. The Balaban J connectivity index is 2.81. The van der Waals surface area contributed by atoms with E-state index in [4.69, 9.17) is 9.47 Å². The molecule has 0 saturated heterocycles. The molecular weight excluding hydrogens is 204 g/mol. The molecule has 0 aromatic heterocycles. The average Bonchev–Trinajstić information content (AvgIpc) is 2.34. The number of hydrogen-bond donors (Lipinski definition) is 1. The van der Waals surface area contributed by atoms with Crippen LogP contribution in [-0.4, -0.2) is 19.3 Å². The molecule has 3 heteroatoms. The van der Waals surface area contributed by atoms with E-state index in [1.54, 1.807) is 14.2 Å². The fourth-order valence-corrected chi connectivity index (χ4v) is 1.62. The van der Waals surface area contributed by atoms with Crippen molar-refractivity contribution in [2.45, 2.75) is 32.3 Å². The predicted molar refractivity (Wildman–Crippen MR) is 64.0 cm³/mol. The van der Waals surface area contributed by atoms with Gasteiger partial charge in [0, 0.05) is 0 Å². The third-order valence-corrected chi connectivity index (χ3v) is 2.62. The monoisotopic (exact) mass is 224 g/mol. The van der Waals surface area contributed by atoms with Gasteiger partial charge in [-0.25, -0.2) is 0 Å². The van der Waals surface area contributed by atoms with E-state index in [1.807, 2.05) is 18.2 Å². The summed E-state index contributed by atoms with van der Waals surface area (Å²) in [4.78, 5) is 0. The quantitative estimate of drug-likeness (QED) is 0.807. The van der Waals surface area contributed by atoms with E-state index in [2.05, 4.69) is 6.92 Å². The van der Waals surface area contributed by atoms with Crippen molar-refractivity contribution in [3.63, 3.8) is 0 Å². The number of methoxy groups -OCH3 is 2. The van der Waals surface area contributed by atoms with Gasteiger partial charge in [0.2, 0.25) is 0 Å². The molecule has 3 nitrogen and oxygen atoms in total. The zero-order valence-electron chi connectivity index (χ0n) is 10.2. The summed E-state index contributed by atoms with van der Waals surface area (Å²) in [7, 11) is 3.20. The van der Waals surface area contributed by atoms with Crippen molar-refractivity contribution in [1.82, 2.24) is 0 Å². The Bertz CT molecular complexity index is 323. The van der Waals surface area contributed by atoms with Crippen LogP contribution in [0.5, 0.6) is 11.5 Å². The summed E-state index contributed by atoms with van der Waals surface area (Å²) in [5, 5.41) is 9.94. The molecule has 0 amide bonds. The average molecular weight is 224 g/mol. The minimum Gasteiger partial charge on any atom is -0.493 e. The van der Waals surface area contributed by atoms with E-state index < -0.39 is 6.10 Å². The van der Waals surface area contributed by atoms with Crippen LogP contribution in [-0.2, 0) is 0 Å². The van der Waals surface area contributed by atoms with E-state index in [-0.39, 0.29) is 0 Å². The lowest BCUT2D eigenvalue weighted by atomic mass is 10.0. The minimum absolute atomic E-state index is 0.417. The van der Waals surface area contributed by atoms with Gasteiger partial charge in [-0.1, -0.05) is 25.8 Å². The molecule has 0 radical (unpaired) electrons. The Morgan fingerprint density at radius 3 is 2.44 bits per heavy atom. The van der Waals surface area contributed by atoms with Gasteiger partial charge in [0.05, 0.1) is 20.3 Å². The number of unbranched alkanes of at least 4 members (excludes halogenated alkanes) is 1. The smallest absolute Gasteiger partial charge is 0.161 e. The summed E-state index contributed by atoms with van der Waals surface area (Å²) in [6.07, 6.45) is 2.48. The van der Waals surface area contributed by atoms with Gasteiger partial charge < -0.3 is 14.6 Å². The zero-order chi connectivity index (χ0) is 12.0. The van der Waals surface area contributed by atoms with E-state index in [9.17, 15) is 5.11 Å². The molecule has 0 spiro atoms. The summed E-state index contributed by atoms with van der Waals surface area (Å²) < 4.78 is 10.3. The second kappa shape index (κ2) is 6.38. The number of ether oxygens (including phenoxy) is 2. The van der Waals surface area contributed by atoms with Crippen LogP contribution in [0, 0.1) is 0 Å². The zero-order valence-corrected chi connectivity index (χ0v) is 10.2.